The monoisotopic (exact) mass is 460 g/mol. The molecular weight excluding hydrogens is 428 g/mol. The first kappa shape index (κ1) is 24.0. The Balaban J connectivity index is 2.08. The van der Waals surface area contributed by atoms with E-state index in [0.29, 0.717) is 40.5 Å². The fraction of sp³-hybridized carbons (Fsp3) is 0.522. The Kier molecular flexibility index (Phi) is 8.06. The zero-order chi connectivity index (χ0) is 23.3. The highest BCUT2D eigenvalue weighted by atomic mass is 32.2. The fourth-order valence-electron chi connectivity index (χ4n) is 3.48. The standard InChI is InChI=1S/C23H32N4O4S/c1-7-9-12-32-23-25-22-24-15(5)19(21(28)31-14(3)4)20(27(22)26-23)16-10-11-17(30-8-2)18(13-16)29-6/h10-11,13-14,20H,7-9,12H2,1-6H3,(H,24,25,26). The molecule has 32 heavy (non-hydrogen) atoms. The first-order chi connectivity index (χ1) is 15.4. The minimum Gasteiger partial charge on any atom is -0.493 e. The minimum atomic E-state index is -0.505. The predicted molar refractivity (Wildman–Crippen MR) is 126 cm³/mol. The van der Waals surface area contributed by atoms with E-state index in [1.54, 1.807) is 23.6 Å². The Labute approximate surface area is 193 Å². The maximum atomic E-state index is 13.1. The summed E-state index contributed by atoms with van der Waals surface area (Å²) in [6, 6.07) is 5.16. The Bertz CT molecular complexity index is 986. The number of methoxy groups -OCH3 is 1. The number of hydrogen-bond donors (Lipinski definition) is 1. The lowest BCUT2D eigenvalue weighted by molar-refractivity contribution is -0.143. The highest BCUT2D eigenvalue weighted by Gasteiger charge is 2.36. The molecular formula is C23H32N4O4S. The average molecular weight is 461 g/mol. The van der Waals surface area contributed by atoms with Gasteiger partial charge in [-0.2, -0.15) is 4.98 Å². The van der Waals surface area contributed by atoms with Gasteiger partial charge in [0.05, 0.1) is 25.4 Å². The van der Waals surface area contributed by atoms with Crippen molar-refractivity contribution in [3.05, 3.63) is 35.0 Å². The molecule has 9 heteroatoms. The van der Waals surface area contributed by atoms with Crippen LogP contribution >= 0.6 is 11.8 Å². The van der Waals surface area contributed by atoms with Crippen LogP contribution in [0.2, 0.25) is 0 Å². The summed E-state index contributed by atoms with van der Waals surface area (Å²) in [5.74, 6) is 2.39. The quantitative estimate of drug-likeness (QED) is 0.307. The summed E-state index contributed by atoms with van der Waals surface area (Å²) in [5, 5.41) is 8.64. The number of nitrogens with one attached hydrogen (secondary N) is 1. The van der Waals surface area contributed by atoms with E-state index in [1.807, 2.05) is 45.9 Å². The Morgan fingerprint density at radius 2 is 2.06 bits per heavy atom. The third kappa shape index (κ3) is 5.20. The number of rotatable bonds is 10. The highest BCUT2D eigenvalue weighted by molar-refractivity contribution is 7.99. The topological polar surface area (TPSA) is 87.5 Å². The maximum Gasteiger partial charge on any atom is 0.338 e. The van der Waals surface area contributed by atoms with E-state index in [2.05, 4.69) is 17.2 Å². The minimum absolute atomic E-state index is 0.240. The number of esters is 1. The molecule has 3 rings (SSSR count). The summed E-state index contributed by atoms with van der Waals surface area (Å²) in [7, 11) is 1.60. The van der Waals surface area contributed by atoms with Gasteiger partial charge in [-0.15, -0.1) is 5.10 Å². The number of carbonyl (C=O) groups is 1. The molecule has 1 aliphatic rings. The van der Waals surface area contributed by atoms with Crippen molar-refractivity contribution in [1.82, 2.24) is 14.8 Å². The van der Waals surface area contributed by atoms with Crippen LogP contribution in [-0.2, 0) is 9.53 Å². The van der Waals surface area contributed by atoms with Gasteiger partial charge < -0.3 is 19.5 Å². The van der Waals surface area contributed by atoms with Crippen molar-refractivity contribution in [2.24, 2.45) is 0 Å². The molecule has 0 fully saturated rings. The fourth-order valence-corrected chi connectivity index (χ4v) is 4.39. The van der Waals surface area contributed by atoms with Crippen LogP contribution in [0, 0.1) is 0 Å². The van der Waals surface area contributed by atoms with Crippen molar-refractivity contribution in [3.8, 4) is 11.5 Å². The molecule has 174 valence electrons. The number of fused-ring (bicyclic) bond motifs is 1. The van der Waals surface area contributed by atoms with Crippen molar-refractivity contribution >= 4 is 23.7 Å². The molecule has 0 saturated heterocycles. The number of allylic oxidation sites excluding steroid dienone is 1. The van der Waals surface area contributed by atoms with Crippen molar-refractivity contribution in [1.29, 1.82) is 0 Å². The van der Waals surface area contributed by atoms with E-state index >= 15 is 0 Å². The Hall–Kier alpha value is -2.68. The SMILES string of the molecule is CCCCSc1nc2n(n1)C(c1ccc(OCC)c(OC)c1)C(C(=O)OC(C)C)=C(C)N2. The van der Waals surface area contributed by atoms with E-state index in [1.165, 1.54) is 0 Å². The lowest BCUT2D eigenvalue weighted by atomic mass is 9.95. The summed E-state index contributed by atoms with van der Waals surface area (Å²) in [4.78, 5) is 17.8. The lowest BCUT2D eigenvalue weighted by Crippen LogP contribution is -2.30. The third-order valence-electron chi connectivity index (χ3n) is 4.93. The molecule has 0 aliphatic carbocycles. The van der Waals surface area contributed by atoms with E-state index in [0.717, 1.165) is 24.2 Å². The van der Waals surface area contributed by atoms with Crippen LogP contribution in [0.15, 0.2) is 34.6 Å². The number of aromatic nitrogens is 3. The van der Waals surface area contributed by atoms with E-state index in [9.17, 15) is 4.79 Å². The second-order valence-electron chi connectivity index (χ2n) is 7.73. The second kappa shape index (κ2) is 10.8. The van der Waals surface area contributed by atoms with Crippen LogP contribution in [0.1, 0.15) is 59.1 Å². The van der Waals surface area contributed by atoms with Gasteiger partial charge in [-0.1, -0.05) is 31.2 Å². The number of nitrogens with zero attached hydrogens (tertiary/aromatic N) is 3. The van der Waals surface area contributed by atoms with Crippen molar-refractivity contribution < 1.29 is 19.0 Å². The first-order valence-electron chi connectivity index (χ1n) is 11.0. The van der Waals surface area contributed by atoms with Crippen molar-refractivity contribution in [3.63, 3.8) is 0 Å². The zero-order valence-electron chi connectivity index (χ0n) is 19.6. The van der Waals surface area contributed by atoms with Crippen LogP contribution in [0.5, 0.6) is 11.5 Å². The molecule has 1 aromatic carbocycles. The van der Waals surface area contributed by atoms with Crippen LogP contribution in [-0.4, -0.2) is 46.3 Å². The largest absolute Gasteiger partial charge is 0.493 e. The molecule has 0 spiro atoms. The molecule has 8 nitrogen and oxygen atoms in total. The maximum absolute atomic E-state index is 13.1. The third-order valence-corrected chi connectivity index (χ3v) is 5.85. The first-order valence-corrected chi connectivity index (χ1v) is 12.0. The van der Waals surface area contributed by atoms with Crippen LogP contribution in [0.25, 0.3) is 0 Å². The molecule has 0 radical (unpaired) electrons. The molecule has 1 N–H and O–H groups in total. The lowest BCUT2D eigenvalue weighted by Gasteiger charge is -2.29. The van der Waals surface area contributed by atoms with Gasteiger partial charge in [0.15, 0.2) is 11.5 Å². The number of unbranched alkanes of at least 4 members (excludes halogenated alkanes) is 1. The number of thioether (sulfide) groups is 1. The predicted octanol–water partition coefficient (Wildman–Crippen LogP) is 4.82. The molecule has 2 aromatic rings. The van der Waals surface area contributed by atoms with Crippen LogP contribution in [0.3, 0.4) is 0 Å². The molecule has 1 unspecified atom stereocenters. The summed E-state index contributed by atoms with van der Waals surface area (Å²) in [6.07, 6.45) is 1.96. The number of hydrogen-bond acceptors (Lipinski definition) is 8. The molecule has 0 saturated carbocycles. The van der Waals surface area contributed by atoms with Gasteiger partial charge in [0, 0.05) is 11.4 Å². The van der Waals surface area contributed by atoms with E-state index in [-0.39, 0.29) is 12.1 Å². The van der Waals surface area contributed by atoms with Gasteiger partial charge in [-0.05, 0) is 51.8 Å². The van der Waals surface area contributed by atoms with Crippen LogP contribution in [0.4, 0.5) is 5.95 Å². The normalized spacial score (nSPS) is 15.4. The van der Waals surface area contributed by atoms with Crippen molar-refractivity contribution in [2.45, 2.75) is 64.8 Å². The summed E-state index contributed by atoms with van der Waals surface area (Å²) < 4.78 is 18.6. The van der Waals surface area contributed by atoms with E-state index < -0.39 is 6.04 Å². The van der Waals surface area contributed by atoms with Gasteiger partial charge >= 0.3 is 5.97 Å². The highest BCUT2D eigenvalue weighted by Crippen LogP contribution is 2.40. The number of benzene rings is 1. The summed E-state index contributed by atoms with van der Waals surface area (Å²) >= 11 is 1.61. The number of anilines is 1. The molecule has 0 bridgehead atoms. The Morgan fingerprint density at radius 1 is 1.28 bits per heavy atom. The zero-order valence-corrected chi connectivity index (χ0v) is 20.4. The molecule has 0 amide bonds. The number of ether oxygens (including phenoxy) is 3. The smallest absolute Gasteiger partial charge is 0.338 e. The molecule has 1 aromatic heterocycles. The van der Waals surface area contributed by atoms with Gasteiger partial charge in [-0.25, -0.2) is 9.48 Å². The average Bonchev–Trinajstić information content (AvgIpc) is 3.15. The Morgan fingerprint density at radius 3 is 2.72 bits per heavy atom. The van der Waals surface area contributed by atoms with E-state index in [4.69, 9.17) is 19.3 Å². The number of carbonyl (C=O) groups excluding carboxylic acids is 1. The van der Waals surface area contributed by atoms with Gasteiger partial charge in [-0.3, -0.25) is 0 Å². The summed E-state index contributed by atoms with van der Waals surface area (Å²) in [5.41, 5.74) is 2.02. The molecule has 1 atom stereocenters. The molecule has 1 aliphatic heterocycles. The van der Waals surface area contributed by atoms with Crippen LogP contribution < -0.4 is 14.8 Å². The molecule has 2 heterocycles. The van der Waals surface area contributed by atoms with Gasteiger partial charge in [0.25, 0.3) is 0 Å². The van der Waals surface area contributed by atoms with Crippen molar-refractivity contribution in [2.75, 3.05) is 24.8 Å². The second-order valence-corrected chi connectivity index (χ2v) is 8.79. The van der Waals surface area contributed by atoms with Gasteiger partial charge in [0.2, 0.25) is 11.1 Å². The summed E-state index contributed by atoms with van der Waals surface area (Å²) in [6.45, 7) is 10.1. The van der Waals surface area contributed by atoms with Gasteiger partial charge in [0.1, 0.15) is 6.04 Å².